The van der Waals surface area contributed by atoms with E-state index in [4.69, 9.17) is 0 Å². The first-order valence-corrected chi connectivity index (χ1v) is 6.30. The summed E-state index contributed by atoms with van der Waals surface area (Å²) in [7, 11) is 1.76. The number of aryl methyl sites for hydroxylation is 2. The number of nitriles is 1. The number of likely N-dealkylation sites (N-methyl/N-ethyl adjacent to an activating group) is 1. The summed E-state index contributed by atoms with van der Waals surface area (Å²) in [5.41, 5.74) is 2.65. The second-order valence-corrected chi connectivity index (χ2v) is 4.60. The van der Waals surface area contributed by atoms with Crippen LogP contribution in [0.1, 0.15) is 30.8 Å². The Kier molecular flexibility index (Phi) is 4.87. The molecule has 0 radical (unpaired) electrons. The molecule has 5 nitrogen and oxygen atoms in total. The van der Waals surface area contributed by atoms with E-state index >= 15 is 0 Å². The van der Waals surface area contributed by atoms with Gasteiger partial charge in [0.1, 0.15) is 12.1 Å². The standard InChI is InChI=1S/C14H20N4O/c1-6-18(5)14(19)11(4)17-13-7-9(2)16-10(3)12(13)8-15/h7,11H,6H2,1-5H3,(H,16,17). The van der Waals surface area contributed by atoms with Gasteiger partial charge in [-0.05, 0) is 33.8 Å². The van der Waals surface area contributed by atoms with Gasteiger partial charge in [-0.25, -0.2) is 0 Å². The fourth-order valence-corrected chi connectivity index (χ4v) is 1.87. The Labute approximate surface area is 114 Å². The number of carbonyl (C=O) groups is 1. The Bertz CT molecular complexity index is 519. The molecule has 5 heteroatoms. The minimum Gasteiger partial charge on any atom is -0.373 e. The van der Waals surface area contributed by atoms with E-state index in [9.17, 15) is 10.1 Å². The molecule has 1 aromatic rings. The Morgan fingerprint density at radius 1 is 1.58 bits per heavy atom. The van der Waals surface area contributed by atoms with Crippen LogP contribution in [-0.4, -0.2) is 35.4 Å². The molecule has 102 valence electrons. The second-order valence-electron chi connectivity index (χ2n) is 4.60. The molecule has 0 bridgehead atoms. The van der Waals surface area contributed by atoms with Gasteiger partial charge in [0.05, 0.1) is 16.9 Å². The highest BCUT2D eigenvalue weighted by Gasteiger charge is 2.18. The minimum atomic E-state index is -0.377. The molecule has 19 heavy (non-hydrogen) atoms. The number of nitrogens with zero attached hydrogens (tertiary/aromatic N) is 3. The van der Waals surface area contributed by atoms with Crippen LogP contribution >= 0.6 is 0 Å². The zero-order valence-corrected chi connectivity index (χ0v) is 12.1. The van der Waals surface area contributed by atoms with Gasteiger partial charge in [0.25, 0.3) is 0 Å². The number of anilines is 1. The molecule has 1 amide bonds. The summed E-state index contributed by atoms with van der Waals surface area (Å²) in [6.45, 7) is 8.03. The Morgan fingerprint density at radius 2 is 2.21 bits per heavy atom. The minimum absolute atomic E-state index is 0.00138. The van der Waals surface area contributed by atoms with Gasteiger partial charge in [-0.3, -0.25) is 9.78 Å². The van der Waals surface area contributed by atoms with E-state index in [-0.39, 0.29) is 11.9 Å². The lowest BCUT2D eigenvalue weighted by atomic mass is 10.1. The second kappa shape index (κ2) is 6.19. The van der Waals surface area contributed by atoms with Gasteiger partial charge in [-0.1, -0.05) is 0 Å². The number of amides is 1. The van der Waals surface area contributed by atoms with Crippen molar-refractivity contribution < 1.29 is 4.79 Å². The molecule has 0 aromatic carbocycles. The summed E-state index contributed by atoms with van der Waals surface area (Å²) in [5.74, 6) is -0.00138. The lowest BCUT2D eigenvalue weighted by Crippen LogP contribution is -2.39. The first-order valence-electron chi connectivity index (χ1n) is 6.30. The number of aromatic nitrogens is 1. The van der Waals surface area contributed by atoms with Gasteiger partial charge < -0.3 is 10.2 Å². The van der Waals surface area contributed by atoms with Crippen LogP contribution in [0.3, 0.4) is 0 Å². The maximum atomic E-state index is 12.0. The summed E-state index contributed by atoms with van der Waals surface area (Å²) in [6, 6.07) is 3.54. The summed E-state index contributed by atoms with van der Waals surface area (Å²) in [4.78, 5) is 17.9. The fraction of sp³-hybridized carbons (Fsp3) is 0.500. The third-order valence-electron chi connectivity index (χ3n) is 3.03. The SMILES string of the molecule is CCN(C)C(=O)C(C)Nc1cc(C)nc(C)c1C#N. The van der Waals surface area contributed by atoms with Gasteiger partial charge in [0.2, 0.25) is 5.91 Å². The van der Waals surface area contributed by atoms with Crippen molar-refractivity contribution >= 4 is 11.6 Å². The number of hydrogen-bond acceptors (Lipinski definition) is 4. The van der Waals surface area contributed by atoms with Crippen molar-refractivity contribution in [1.82, 2.24) is 9.88 Å². The molecule has 0 spiro atoms. The van der Waals surface area contributed by atoms with Gasteiger partial charge in [-0.15, -0.1) is 0 Å². The average Bonchev–Trinajstić information content (AvgIpc) is 2.36. The van der Waals surface area contributed by atoms with Crippen LogP contribution < -0.4 is 5.32 Å². The molecule has 1 heterocycles. The van der Waals surface area contributed by atoms with Crippen molar-refractivity contribution in [3.8, 4) is 6.07 Å². The number of carbonyl (C=O) groups excluding carboxylic acids is 1. The van der Waals surface area contributed by atoms with Crippen molar-refractivity contribution in [3.63, 3.8) is 0 Å². The van der Waals surface area contributed by atoms with E-state index < -0.39 is 0 Å². The molecule has 1 atom stereocenters. The summed E-state index contributed by atoms with van der Waals surface area (Å²) in [6.07, 6.45) is 0. The average molecular weight is 260 g/mol. The van der Waals surface area contributed by atoms with Crippen molar-refractivity contribution in [2.45, 2.75) is 33.7 Å². The molecular weight excluding hydrogens is 240 g/mol. The van der Waals surface area contributed by atoms with Gasteiger partial charge in [-0.2, -0.15) is 5.26 Å². The predicted octanol–water partition coefficient (Wildman–Crippen LogP) is 1.85. The topological polar surface area (TPSA) is 69.0 Å². The van der Waals surface area contributed by atoms with Crippen LogP contribution in [0.15, 0.2) is 6.07 Å². The Balaban J connectivity index is 3.00. The molecular formula is C14H20N4O. The zero-order valence-electron chi connectivity index (χ0n) is 12.1. The van der Waals surface area contributed by atoms with Crippen molar-refractivity contribution in [2.24, 2.45) is 0 Å². The number of pyridine rings is 1. The van der Waals surface area contributed by atoms with Crippen LogP contribution in [0.4, 0.5) is 5.69 Å². The smallest absolute Gasteiger partial charge is 0.244 e. The molecule has 1 N–H and O–H groups in total. The highest BCUT2D eigenvalue weighted by molar-refractivity contribution is 5.84. The summed E-state index contributed by atoms with van der Waals surface area (Å²) >= 11 is 0. The van der Waals surface area contributed by atoms with Crippen molar-refractivity contribution in [2.75, 3.05) is 18.9 Å². The Hall–Kier alpha value is -2.09. The largest absolute Gasteiger partial charge is 0.373 e. The molecule has 1 aromatic heterocycles. The molecule has 0 aliphatic heterocycles. The van der Waals surface area contributed by atoms with Crippen molar-refractivity contribution in [1.29, 1.82) is 5.26 Å². The molecule has 0 saturated carbocycles. The van der Waals surface area contributed by atoms with E-state index in [1.807, 2.05) is 13.8 Å². The number of rotatable bonds is 4. The maximum absolute atomic E-state index is 12.0. The van der Waals surface area contributed by atoms with Gasteiger partial charge in [0, 0.05) is 19.3 Å². The highest BCUT2D eigenvalue weighted by Crippen LogP contribution is 2.19. The summed E-state index contributed by atoms with van der Waals surface area (Å²) < 4.78 is 0. The molecule has 0 aliphatic carbocycles. The lowest BCUT2D eigenvalue weighted by Gasteiger charge is -2.22. The third kappa shape index (κ3) is 3.44. The maximum Gasteiger partial charge on any atom is 0.244 e. The van der Waals surface area contributed by atoms with Crippen LogP contribution in [0, 0.1) is 25.2 Å². The molecule has 0 fully saturated rings. The van der Waals surface area contributed by atoms with Crippen LogP contribution in [-0.2, 0) is 4.79 Å². The highest BCUT2D eigenvalue weighted by atomic mass is 16.2. The fourth-order valence-electron chi connectivity index (χ4n) is 1.87. The first kappa shape index (κ1) is 15.0. The molecule has 1 unspecified atom stereocenters. The molecule has 1 rings (SSSR count). The van der Waals surface area contributed by atoms with E-state index in [0.29, 0.717) is 23.5 Å². The van der Waals surface area contributed by atoms with Gasteiger partial charge >= 0.3 is 0 Å². The summed E-state index contributed by atoms with van der Waals surface area (Å²) in [5, 5.41) is 12.3. The zero-order chi connectivity index (χ0) is 14.6. The van der Waals surface area contributed by atoms with E-state index in [1.165, 1.54) is 0 Å². The van der Waals surface area contributed by atoms with Gasteiger partial charge in [0.15, 0.2) is 0 Å². The lowest BCUT2D eigenvalue weighted by molar-refractivity contribution is -0.130. The van der Waals surface area contributed by atoms with Crippen LogP contribution in [0.5, 0.6) is 0 Å². The van der Waals surface area contributed by atoms with Crippen LogP contribution in [0.2, 0.25) is 0 Å². The quantitative estimate of drug-likeness (QED) is 0.897. The molecule has 0 saturated heterocycles. The van der Waals surface area contributed by atoms with E-state index in [1.54, 1.807) is 31.9 Å². The van der Waals surface area contributed by atoms with E-state index in [2.05, 4.69) is 16.4 Å². The van der Waals surface area contributed by atoms with Crippen molar-refractivity contribution in [3.05, 3.63) is 23.0 Å². The first-order chi connectivity index (χ1) is 8.90. The monoisotopic (exact) mass is 260 g/mol. The normalized spacial score (nSPS) is 11.6. The number of nitrogens with one attached hydrogen (secondary N) is 1. The van der Waals surface area contributed by atoms with Crippen LogP contribution in [0.25, 0.3) is 0 Å². The van der Waals surface area contributed by atoms with E-state index in [0.717, 1.165) is 5.69 Å². The molecule has 0 aliphatic rings. The Morgan fingerprint density at radius 3 is 2.74 bits per heavy atom. The number of hydrogen-bond donors (Lipinski definition) is 1. The predicted molar refractivity (Wildman–Crippen MR) is 74.8 cm³/mol. The third-order valence-corrected chi connectivity index (χ3v) is 3.03.